The lowest BCUT2D eigenvalue weighted by atomic mass is 10.2. The van der Waals surface area contributed by atoms with Crippen LogP contribution in [-0.2, 0) is 6.54 Å². The van der Waals surface area contributed by atoms with Gasteiger partial charge in [0, 0.05) is 19.3 Å². The minimum Gasteiger partial charge on any atom is -0.383 e. The highest BCUT2D eigenvalue weighted by atomic mass is 19.1. The maximum atomic E-state index is 13.1. The first-order valence-electron chi connectivity index (χ1n) is 9.46. The van der Waals surface area contributed by atoms with Crippen LogP contribution in [0.15, 0.2) is 27.9 Å². The van der Waals surface area contributed by atoms with E-state index >= 15 is 0 Å². The zero-order valence-corrected chi connectivity index (χ0v) is 16.2. The summed E-state index contributed by atoms with van der Waals surface area (Å²) in [7, 11) is 0. The van der Waals surface area contributed by atoms with Crippen LogP contribution in [-0.4, -0.2) is 27.0 Å². The number of amides is 1. The lowest BCUT2D eigenvalue weighted by Crippen LogP contribution is -2.41. The molecule has 0 atom stereocenters. The first-order valence-corrected chi connectivity index (χ1v) is 9.46. The topological polar surface area (TPSA) is 114 Å². The van der Waals surface area contributed by atoms with E-state index in [1.54, 1.807) is 0 Å². The highest BCUT2D eigenvalue weighted by molar-refractivity contribution is 6.07. The normalized spacial score (nSPS) is 10.8. The number of rotatable bonds is 9. The minimum absolute atomic E-state index is 0.0536. The van der Waals surface area contributed by atoms with Gasteiger partial charge in [-0.2, -0.15) is 4.39 Å². The molecular formula is C19H26FN5O3. The average Bonchev–Trinajstić information content (AvgIpc) is 2.66. The van der Waals surface area contributed by atoms with Crippen LogP contribution in [0.1, 0.15) is 56.3 Å². The van der Waals surface area contributed by atoms with Gasteiger partial charge in [-0.25, -0.2) is 9.78 Å². The molecule has 8 nitrogen and oxygen atoms in total. The molecule has 2 aromatic heterocycles. The third kappa shape index (κ3) is 4.85. The van der Waals surface area contributed by atoms with E-state index in [1.807, 2.05) is 13.8 Å². The summed E-state index contributed by atoms with van der Waals surface area (Å²) in [6.45, 7) is 4.56. The molecule has 28 heavy (non-hydrogen) atoms. The molecule has 0 radical (unpaired) electrons. The summed E-state index contributed by atoms with van der Waals surface area (Å²) in [5, 5.41) is 0. The molecule has 9 heteroatoms. The molecule has 0 aliphatic carbocycles. The fourth-order valence-electron chi connectivity index (χ4n) is 2.87. The molecule has 0 aliphatic rings. The van der Waals surface area contributed by atoms with E-state index in [1.165, 1.54) is 15.5 Å². The van der Waals surface area contributed by atoms with Crippen molar-refractivity contribution in [3.63, 3.8) is 0 Å². The number of H-pyrrole nitrogens is 1. The van der Waals surface area contributed by atoms with Gasteiger partial charge in [0.1, 0.15) is 5.82 Å². The molecular weight excluding hydrogens is 365 g/mol. The van der Waals surface area contributed by atoms with Gasteiger partial charge in [-0.3, -0.25) is 19.1 Å². The SMILES string of the molecule is CCCCCN(C(=O)c1ccc(F)nc1)c1c(N)n(CCCC)c(=O)[nH]c1=O. The molecule has 0 unspecified atom stereocenters. The van der Waals surface area contributed by atoms with Crippen molar-refractivity contribution in [1.82, 2.24) is 14.5 Å². The van der Waals surface area contributed by atoms with Crippen LogP contribution < -0.4 is 21.9 Å². The number of nitrogens with two attached hydrogens (primary N) is 1. The number of nitrogens with one attached hydrogen (secondary N) is 1. The number of nitrogens with zero attached hydrogens (tertiary/aromatic N) is 3. The number of hydrogen-bond acceptors (Lipinski definition) is 5. The number of carbonyl (C=O) groups is 1. The second-order valence-corrected chi connectivity index (χ2v) is 6.53. The van der Waals surface area contributed by atoms with Crippen molar-refractivity contribution in [2.75, 3.05) is 17.2 Å². The van der Waals surface area contributed by atoms with E-state index in [0.717, 1.165) is 31.5 Å². The van der Waals surface area contributed by atoms with Crippen molar-refractivity contribution >= 4 is 17.4 Å². The molecule has 0 aliphatic heterocycles. The lowest BCUT2D eigenvalue weighted by molar-refractivity contribution is 0.0985. The molecule has 2 heterocycles. The van der Waals surface area contributed by atoms with Gasteiger partial charge in [0.2, 0.25) is 5.95 Å². The second-order valence-electron chi connectivity index (χ2n) is 6.53. The molecule has 0 spiro atoms. The molecule has 3 N–H and O–H groups in total. The summed E-state index contributed by atoms with van der Waals surface area (Å²) >= 11 is 0. The fourth-order valence-corrected chi connectivity index (χ4v) is 2.87. The van der Waals surface area contributed by atoms with Gasteiger partial charge in [-0.15, -0.1) is 0 Å². The summed E-state index contributed by atoms with van der Waals surface area (Å²) < 4.78 is 14.4. The van der Waals surface area contributed by atoms with E-state index in [9.17, 15) is 18.8 Å². The number of aromatic amines is 1. The predicted molar refractivity (Wildman–Crippen MR) is 106 cm³/mol. The van der Waals surface area contributed by atoms with Crippen LogP contribution in [0, 0.1) is 5.95 Å². The van der Waals surface area contributed by atoms with Gasteiger partial charge >= 0.3 is 5.69 Å². The van der Waals surface area contributed by atoms with Crippen LogP contribution in [0.3, 0.4) is 0 Å². The molecule has 0 bridgehead atoms. The fraction of sp³-hybridized carbons (Fsp3) is 0.474. The lowest BCUT2D eigenvalue weighted by Gasteiger charge is -2.24. The highest BCUT2D eigenvalue weighted by Gasteiger charge is 2.25. The number of unbranched alkanes of at least 4 members (excludes halogenated alkanes) is 3. The van der Waals surface area contributed by atoms with Crippen LogP contribution in [0.5, 0.6) is 0 Å². The van der Waals surface area contributed by atoms with Gasteiger partial charge in [0.05, 0.1) is 5.56 Å². The molecule has 0 saturated heterocycles. The molecule has 0 saturated carbocycles. The molecule has 2 aromatic rings. The van der Waals surface area contributed by atoms with Gasteiger partial charge in [-0.1, -0.05) is 33.1 Å². The molecule has 0 fully saturated rings. The van der Waals surface area contributed by atoms with E-state index < -0.39 is 23.1 Å². The molecule has 152 valence electrons. The Hall–Kier alpha value is -2.97. The smallest absolute Gasteiger partial charge is 0.330 e. The third-order valence-electron chi connectivity index (χ3n) is 4.42. The maximum Gasteiger partial charge on any atom is 0.330 e. The van der Waals surface area contributed by atoms with Gasteiger partial charge in [-0.05, 0) is 25.0 Å². The summed E-state index contributed by atoms with van der Waals surface area (Å²) in [6.07, 6.45) is 5.05. The maximum absolute atomic E-state index is 13.1. The van der Waals surface area contributed by atoms with Gasteiger partial charge in [0.25, 0.3) is 11.5 Å². The first kappa shape index (κ1) is 21.3. The zero-order chi connectivity index (χ0) is 20.7. The van der Waals surface area contributed by atoms with Crippen molar-refractivity contribution in [2.45, 2.75) is 52.5 Å². The monoisotopic (exact) mass is 391 g/mol. The minimum atomic E-state index is -0.727. The Balaban J connectivity index is 2.53. The van der Waals surface area contributed by atoms with E-state index in [4.69, 9.17) is 5.73 Å². The van der Waals surface area contributed by atoms with Crippen LogP contribution in [0.25, 0.3) is 0 Å². The number of hydrogen-bond donors (Lipinski definition) is 2. The van der Waals surface area contributed by atoms with Crippen molar-refractivity contribution in [1.29, 1.82) is 0 Å². The standard InChI is InChI=1S/C19H26FN5O3/c1-3-5-7-11-24(18(27)13-8-9-14(20)22-12-13)15-16(21)25(10-6-4-2)19(28)23-17(15)26/h8-9,12H,3-7,10-11,21H2,1-2H3,(H,23,26,28). The Morgan fingerprint density at radius 3 is 2.54 bits per heavy atom. The Morgan fingerprint density at radius 2 is 1.93 bits per heavy atom. The summed E-state index contributed by atoms with van der Waals surface area (Å²) in [6, 6.07) is 2.38. The average molecular weight is 391 g/mol. The number of aromatic nitrogens is 3. The van der Waals surface area contributed by atoms with Gasteiger partial charge in [0.15, 0.2) is 5.69 Å². The Labute approximate surface area is 162 Å². The zero-order valence-electron chi connectivity index (χ0n) is 16.2. The molecule has 2 rings (SSSR count). The number of anilines is 2. The van der Waals surface area contributed by atoms with Crippen LogP contribution >= 0.6 is 0 Å². The number of carbonyl (C=O) groups excluding carboxylic acids is 1. The number of nitrogen functional groups attached to an aromatic ring is 1. The van der Waals surface area contributed by atoms with Crippen LogP contribution in [0.4, 0.5) is 15.9 Å². The summed E-state index contributed by atoms with van der Waals surface area (Å²) in [4.78, 5) is 44.7. The first-order chi connectivity index (χ1) is 13.4. The van der Waals surface area contributed by atoms with Crippen LogP contribution in [0.2, 0.25) is 0 Å². The van der Waals surface area contributed by atoms with Gasteiger partial charge < -0.3 is 10.6 Å². The van der Waals surface area contributed by atoms with E-state index in [2.05, 4.69) is 9.97 Å². The van der Waals surface area contributed by atoms with Crippen molar-refractivity contribution in [3.8, 4) is 0 Å². The largest absolute Gasteiger partial charge is 0.383 e. The summed E-state index contributed by atoms with van der Waals surface area (Å²) in [5.74, 6) is -1.29. The molecule has 1 amide bonds. The van der Waals surface area contributed by atoms with Crippen molar-refractivity contribution < 1.29 is 9.18 Å². The Kier molecular flexibility index (Phi) is 7.48. The predicted octanol–water partition coefficient (Wildman–Crippen LogP) is 2.29. The number of halogens is 1. The summed E-state index contributed by atoms with van der Waals surface area (Å²) in [5.41, 5.74) is 4.87. The molecule has 0 aromatic carbocycles. The van der Waals surface area contributed by atoms with E-state index in [0.29, 0.717) is 19.4 Å². The Bertz CT molecular complexity index is 921. The van der Waals surface area contributed by atoms with E-state index in [-0.39, 0.29) is 23.6 Å². The Morgan fingerprint density at radius 1 is 1.21 bits per heavy atom. The van der Waals surface area contributed by atoms with Crippen molar-refractivity contribution in [2.24, 2.45) is 0 Å². The second kappa shape index (κ2) is 9.82. The quantitative estimate of drug-likeness (QED) is 0.503. The number of pyridine rings is 1. The van der Waals surface area contributed by atoms with Crippen molar-refractivity contribution in [3.05, 3.63) is 50.7 Å². The third-order valence-corrected chi connectivity index (χ3v) is 4.42. The highest BCUT2D eigenvalue weighted by Crippen LogP contribution is 2.20.